The molecule has 2 aromatic rings. The fourth-order valence-electron chi connectivity index (χ4n) is 1.34. The molecule has 0 aliphatic rings. The van der Waals surface area contributed by atoms with E-state index in [1.807, 2.05) is 6.92 Å². The number of nitrogens with zero attached hydrogens (tertiary/aromatic N) is 3. The monoisotopic (exact) mass is 251 g/mol. The van der Waals surface area contributed by atoms with Gasteiger partial charge in [-0.25, -0.2) is 9.97 Å². The predicted molar refractivity (Wildman–Crippen MR) is 63.1 cm³/mol. The maximum absolute atomic E-state index is 11.8. The second-order valence-electron chi connectivity index (χ2n) is 3.49. The maximum atomic E-state index is 11.8. The van der Waals surface area contributed by atoms with Gasteiger partial charge in [0, 0.05) is 0 Å². The van der Waals surface area contributed by atoms with E-state index in [-0.39, 0.29) is 16.8 Å². The number of H-pyrrole nitrogens is 1. The number of rotatable bonds is 2. The predicted octanol–water partition coefficient (Wildman–Crippen LogP) is 1.72. The van der Waals surface area contributed by atoms with Crippen molar-refractivity contribution in [3.63, 3.8) is 0 Å². The quantitative estimate of drug-likeness (QED) is 0.851. The fourth-order valence-corrected chi connectivity index (χ4v) is 1.44. The Kier molecular flexibility index (Phi) is 3.06. The Labute approximate surface area is 102 Å². The lowest BCUT2D eigenvalue weighted by Crippen LogP contribution is -2.14. The lowest BCUT2D eigenvalue weighted by atomic mass is 10.3. The second-order valence-corrected chi connectivity index (χ2v) is 3.87. The summed E-state index contributed by atoms with van der Waals surface area (Å²) in [4.78, 5) is 19.5. The molecule has 2 aromatic heterocycles. The molecule has 17 heavy (non-hydrogen) atoms. The zero-order valence-electron chi connectivity index (χ0n) is 9.28. The summed E-state index contributed by atoms with van der Waals surface area (Å²) in [5.41, 5.74) is 2.37. The first-order chi connectivity index (χ1) is 8.08. The summed E-state index contributed by atoms with van der Waals surface area (Å²) >= 11 is 5.59. The Hall–Kier alpha value is -1.95. The van der Waals surface area contributed by atoms with Crippen LogP contribution in [-0.4, -0.2) is 26.1 Å². The molecule has 0 fully saturated rings. The van der Waals surface area contributed by atoms with Crippen molar-refractivity contribution in [3.05, 3.63) is 34.6 Å². The number of halogens is 1. The van der Waals surface area contributed by atoms with Crippen molar-refractivity contribution < 1.29 is 4.79 Å². The van der Waals surface area contributed by atoms with Crippen LogP contribution in [0.2, 0.25) is 5.15 Å². The zero-order valence-corrected chi connectivity index (χ0v) is 10.0. The summed E-state index contributed by atoms with van der Waals surface area (Å²) in [6.07, 6.45) is 2.65. The molecule has 0 atom stereocenters. The molecule has 2 heterocycles. The Morgan fingerprint density at radius 3 is 2.65 bits per heavy atom. The van der Waals surface area contributed by atoms with Crippen molar-refractivity contribution in [1.29, 1.82) is 0 Å². The third-order valence-corrected chi connectivity index (χ3v) is 2.41. The highest BCUT2D eigenvalue weighted by atomic mass is 35.5. The second kappa shape index (κ2) is 4.50. The van der Waals surface area contributed by atoms with Crippen LogP contribution in [0, 0.1) is 13.8 Å². The van der Waals surface area contributed by atoms with Crippen molar-refractivity contribution in [2.75, 3.05) is 5.32 Å². The highest BCUT2D eigenvalue weighted by molar-refractivity contribution is 6.29. The number of nitrogens with one attached hydrogen (secondary N) is 2. The van der Waals surface area contributed by atoms with Gasteiger partial charge in [0.1, 0.15) is 10.8 Å². The van der Waals surface area contributed by atoms with Crippen molar-refractivity contribution >= 4 is 23.2 Å². The number of carbonyl (C=O) groups is 1. The largest absolute Gasteiger partial charge is 0.317 e. The number of aromatic nitrogens is 4. The number of carbonyl (C=O) groups excluding carboxylic acids is 1. The molecule has 7 heteroatoms. The molecular weight excluding hydrogens is 242 g/mol. The van der Waals surface area contributed by atoms with Gasteiger partial charge in [0.2, 0.25) is 0 Å². The van der Waals surface area contributed by atoms with E-state index in [1.165, 1.54) is 12.4 Å². The third kappa shape index (κ3) is 2.42. The Morgan fingerprint density at radius 1 is 1.35 bits per heavy atom. The van der Waals surface area contributed by atoms with Crippen LogP contribution in [0.3, 0.4) is 0 Å². The Bertz CT molecular complexity index is 529. The number of hydrogen-bond donors (Lipinski definition) is 2. The molecule has 0 aliphatic carbocycles. The van der Waals surface area contributed by atoms with E-state index < -0.39 is 0 Å². The Balaban J connectivity index is 2.20. The lowest BCUT2D eigenvalue weighted by Gasteiger charge is -2.03. The van der Waals surface area contributed by atoms with E-state index >= 15 is 0 Å². The molecule has 0 bridgehead atoms. The van der Waals surface area contributed by atoms with Crippen LogP contribution >= 0.6 is 11.6 Å². The van der Waals surface area contributed by atoms with Crippen LogP contribution in [0.4, 0.5) is 5.69 Å². The fraction of sp³-hybridized carbons (Fsp3) is 0.200. The highest BCUT2D eigenvalue weighted by Gasteiger charge is 2.13. The van der Waals surface area contributed by atoms with E-state index in [0.717, 1.165) is 11.4 Å². The van der Waals surface area contributed by atoms with Crippen molar-refractivity contribution in [2.45, 2.75) is 13.8 Å². The summed E-state index contributed by atoms with van der Waals surface area (Å²) in [5.74, 6) is -0.346. The minimum Gasteiger partial charge on any atom is -0.317 e. The van der Waals surface area contributed by atoms with E-state index in [2.05, 4.69) is 25.5 Å². The van der Waals surface area contributed by atoms with Crippen LogP contribution in [0.15, 0.2) is 12.4 Å². The Morgan fingerprint density at radius 2 is 2.12 bits per heavy atom. The zero-order chi connectivity index (χ0) is 12.4. The van der Waals surface area contributed by atoms with E-state index in [4.69, 9.17) is 11.6 Å². The lowest BCUT2D eigenvalue weighted by molar-refractivity contribution is 0.102. The summed E-state index contributed by atoms with van der Waals surface area (Å²) in [6, 6.07) is 0. The molecule has 2 N–H and O–H groups in total. The molecule has 0 saturated heterocycles. The number of hydrogen-bond acceptors (Lipinski definition) is 4. The van der Waals surface area contributed by atoms with Gasteiger partial charge >= 0.3 is 0 Å². The van der Waals surface area contributed by atoms with Crippen LogP contribution in [0.1, 0.15) is 21.9 Å². The van der Waals surface area contributed by atoms with Gasteiger partial charge in [0.25, 0.3) is 5.91 Å². The number of aromatic amines is 1. The maximum Gasteiger partial charge on any atom is 0.275 e. The van der Waals surface area contributed by atoms with E-state index in [1.54, 1.807) is 6.92 Å². The highest BCUT2D eigenvalue weighted by Crippen LogP contribution is 2.16. The first-order valence-corrected chi connectivity index (χ1v) is 5.26. The van der Waals surface area contributed by atoms with Gasteiger partial charge < -0.3 is 5.32 Å². The van der Waals surface area contributed by atoms with Crippen molar-refractivity contribution in [1.82, 2.24) is 20.2 Å². The molecule has 0 aliphatic heterocycles. The molecule has 0 unspecified atom stereocenters. The first-order valence-electron chi connectivity index (χ1n) is 4.88. The van der Waals surface area contributed by atoms with Crippen molar-refractivity contribution in [3.8, 4) is 0 Å². The van der Waals surface area contributed by atoms with Gasteiger partial charge in [-0.1, -0.05) is 11.6 Å². The van der Waals surface area contributed by atoms with E-state index in [0.29, 0.717) is 5.69 Å². The third-order valence-electron chi connectivity index (χ3n) is 2.22. The number of amides is 1. The van der Waals surface area contributed by atoms with Gasteiger partial charge in [0.05, 0.1) is 29.5 Å². The molecule has 2 rings (SSSR count). The van der Waals surface area contributed by atoms with Gasteiger partial charge in [0.15, 0.2) is 0 Å². The molecule has 0 aromatic carbocycles. The summed E-state index contributed by atoms with van der Waals surface area (Å²) in [7, 11) is 0. The number of anilines is 1. The topological polar surface area (TPSA) is 83.6 Å². The van der Waals surface area contributed by atoms with Crippen LogP contribution in [0.5, 0.6) is 0 Å². The normalized spacial score (nSPS) is 10.3. The number of aryl methyl sites for hydroxylation is 2. The van der Waals surface area contributed by atoms with Gasteiger partial charge in [-0.3, -0.25) is 9.89 Å². The van der Waals surface area contributed by atoms with Crippen LogP contribution in [-0.2, 0) is 0 Å². The minimum absolute atomic E-state index is 0.203. The average molecular weight is 252 g/mol. The molecule has 0 spiro atoms. The average Bonchev–Trinajstić information content (AvgIpc) is 2.61. The smallest absolute Gasteiger partial charge is 0.275 e. The van der Waals surface area contributed by atoms with Crippen LogP contribution in [0.25, 0.3) is 0 Å². The van der Waals surface area contributed by atoms with Crippen LogP contribution < -0.4 is 5.32 Å². The molecule has 88 valence electrons. The standard InChI is InChI=1S/C10H10ClN5O/c1-5-9(6(2)16-15-5)14-10(17)7-3-13-8(11)4-12-7/h3-4H,1-2H3,(H,14,17)(H,15,16). The minimum atomic E-state index is -0.346. The first kappa shape index (κ1) is 11.5. The summed E-state index contributed by atoms with van der Waals surface area (Å²) in [6.45, 7) is 3.62. The molecule has 0 saturated carbocycles. The molecule has 6 nitrogen and oxygen atoms in total. The van der Waals surface area contributed by atoms with Gasteiger partial charge in [-0.2, -0.15) is 5.10 Å². The molecular formula is C10H10ClN5O. The molecule has 0 radical (unpaired) electrons. The molecule has 1 amide bonds. The van der Waals surface area contributed by atoms with Gasteiger partial charge in [-0.05, 0) is 13.8 Å². The SMILES string of the molecule is Cc1n[nH]c(C)c1NC(=O)c1cnc(Cl)cn1. The van der Waals surface area contributed by atoms with E-state index in [9.17, 15) is 4.79 Å². The van der Waals surface area contributed by atoms with Crippen molar-refractivity contribution in [2.24, 2.45) is 0 Å². The summed E-state index contributed by atoms with van der Waals surface area (Å²) < 4.78 is 0. The van der Waals surface area contributed by atoms with Gasteiger partial charge in [-0.15, -0.1) is 0 Å². The summed E-state index contributed by atoms with van der Waals surface area (Å²) in [5, 5.41) is 9.72.